The Balaban J connectivity index is 1.56. The zero-order valence-electron chi connectivity index (χ0n) is 12.8. The molecular formula is C16H25N3O2. The lowest BCUT2D eigenvalue weighted by molar-refractivity contribution is -0.129. The Morgan fingerprint density at radius 2 is 2.29 bits per heavy atom. The highest BCUT2D eigenvalue weighted by molar-refractivity contribution is 5.76. The quantitative estimate of drug-likeness (QED) is 0.732. The summed E-state index contributed by atoms with van der Waals surface area (Å²) in [6.07, 6.45) is 7.60. The molecule has 0 spiro atoms. The van der Waals surface area contributed by atoms with E-state index >= 15 is 0 Å². The summed E-state index contributed by atoms with van der Waals surface area (Å²) < 4.78 is 5.53. The van der Waals surface area contributed by atoms with E-state index in [4.69, 9.17) is 4.74 Å². The van der Waals surface area contributed by atoms with Gasteiger partial charge < -0.3 is 15.0 Å². The highest BCUT2D eigenvalue weighted by Gasteiger charge is 2.15. The Bertz CT molecular complexity index is 419. The zero-order valence-corrected chi connectivity index (χ0v) is 12.8. The van der Waals surface area contributed by atoms with Crippen molar-refractivity contribution in [1.82, 2.24) is 15.2 Å². The van der Waals surface area contributed by atoms with Gasteiger partial charge in [0.25, 0.3) is 0 Å². The average Bonchev–Trinajstić information content (AvgIpc) is 3.03. The smallest absolute Gasteiger partial charge is 0.223 e. The lowest BCUT2D eigenvalue weighted by Gasteiger charge is -2.17. The number of nitrogens with zero attached hydrogens (tertiary/aromatic N) is 2. The number of amides is 1. The Labute approximate surface area is 126 Å². The van der Waals surface area contributed by atoms with Gasteiger partial charge in [-0.2, -0.15) is 0 Å². The molecule has 0 aliphatic carbocycles. The van der Waals surface area contributed by atoms with Crippen molar-refractivity contribution in [2.75, 3.05) is 33.3 Å². The average molecular weight is 291 g/mol. The third kappa shape index (κ3) is 5.81. The van der Waals surface area contributed by atoms with E-state index in [1.54, 1.807) is 17.3 Å². The van der Waals surface area contributed by atoms with Crippen molar-refractivity contribution < 1.29 is 9.53 Å². The number of rotatable bonds is 8. The van der Waals surface area contributed by atoms with E-state index in [-0.39, 0.29) is 5.91 Å². The van der Waals surface area contributed by atoms with Crippen LogP contribution in [0.4, 0.5) is 0 Å². The molecule has 2 rings (SSSR count). The molecule has 1 aliphatic rings. The molecule has 1 saturated heterocycles. The Morgan fingerprint density at radius 1 is 1.48 bits per heavy atom. The van der Waals surface area contributed by atoms with E-state index in [1.165, 1.54) is 5.56 Å². The second kappa shape index (κ2) is 8.74. The standard InChI is InChI=1S/C16H25N3O2/c1-19(11-7-14-4-8-17-9-5-14)16(20)6-10-18-13-15-3-2-12-21-15/h4-5,8-9,15,18H,2-3,6-7,10-13H2,1H3. The van der Waals surface area contributed by atoms with Gasteiger partial charge in [0.1, 0.15) is 0 Å². The van der Waals surface area contributed by atoms with Crippen LogP contribution >= 0.6 is 0 Å². The first kappa shape index (κ1) is 15.9. The van der Waals surface area contributed by atoms with Gasteiger partial charge in [0.05, 0.1) is 6.10 Å². The molecule has 0 saturated carbocycles. The SMILES string of the molecule is CN(CCc1ccncc1)C(=O)CCNCC1CCCO1. The second-order valence-corrected chi connectivity index (χ2v) is 5.51. The van der Waals surface area contributed by atoms with Gasteiger partial charge in [0, 0.05) is 52.1 Å². The van der Waals surface area contributed by atoms with Crippen LogP contribution in [0.3, 0.4) is 0 Å². The summed E-state index contributed by atoms with van der Waals surface area (Å²) in [4.78, 5) is 17.8. The second-order valence-electron chi connectivity index (χ2n) is 5.51. The van der Waals surface area contributed by atoms with Gasteiger partial charge in [-0.25, -0.2) is 0 Å². The topological polar surface area (TPSA) is 54.5 Å². The van der Waals surface area contributed by atoms with Crippen LogP contribution in [0.1, 0.15) is 24.8 Å². The van der Waals surface area contributed by atoms with E-state index in [2.05, 4.69) is 10.3 Å². The molecule has 2 heterocycles. The van der Waals surface area contributed by atoms with Crippen LogP contribution in [0, 0.1) is 0 Å². The van der Waals surface area contributed by atoms with Crippen molar-refractivity contribution in [1.29, 1.82) is 0 Å². The maximum atomic E-state index is 12.0. The van der Waals surface area contributed by atoms with Gasteiger partial charge in [-0.15, -0.1) is 0 Å². The van der Waals surface area contributed by atoms with Crippen molar-refractivity contribution in [2.45, 2.75) is 31.8 Å². The summed E-state index contributed by atoms with van der Waals surface area (Å²) in [5.41, 5.74) is 1.21. The van der Waals surface area contributed by atoms with Crippen LogP contribution in [0.2, 0.25) is 0 Å². The normalized spacial score (nSPS) is 17.9. The van der Waals surface area contributed by atoms with Crippen LogP contribution < -0.4 is 5.32 Å². The molecule has 0 radical (unpaired) electrons. The van der Waals surface area contributed by atoms with Crippen molar-refractivity contribution in [3.63, 3.8) is 0 Å². The number of pyridine rings is 1. The highest BCUT2D eigenvalue weighted by Crippen LogP contribution is 2.10. The van der Waals surface area contributed by atoms with Crippen LogP contribution in [0.25, 0.3) is 0 Å². The predicted molar refractivity (Wildman–Crippen MR) is 82.0 cm³/mol. The molecule has 21 heavy (non-hydrogen) atoms. The van der Waals surface area contributed by atoms with E-state index in [0.717, 1.165) is 45.5 Å². The fraction of sp³-hybridized carbons (Fsp3) is 0.625. The number of hydrogen-bond donors (Lipinski definition) is 1. The van der Waals surface area contributed by atoms with Crippen LogP contribution in [0.5, 0.6) is 0 Å². The molecule has 1 unspecified atom stereocenters. The molecule has 0 bridgehead atoms. The molecular weight excluding hydrogens is 266 g/mol. The maximum absolute atomic E-state index is 12.0. The van der Waals surface area contributed by atoms with Crippen molar-refractivity contribution in [2.24, 2.45) is 0 Å². The van der Waals surface area contributed by atoms with E-state index in [0.29, 0.717) is 12.5 Å². The number of aromatic nitrogens is 1. The lowest BCUT2D eigenvalue weighted by atomic mass is 10.2. The van der Waals surface area contributed by atoms with Gasteiger partial charge in [-0.1, -0.05) is 0 Å². The Kier molecular flexibility index (Phi) is 6.63. The summed E-state index contributed by atoms with van der Waals surface area (Å²) in [6.45, 7) is 3.20. The number of nitrogens with one attached hydrogen (secondary N) is 1. The summed E-state index contributed by atoms with van der Waals surface area (Å²) >= 11 is 0. The van der Waals surface area contributed by atoms with Crippen molar-refractivity contribution in [3.05, 3.63) is 30.1 Å². The number of likely N-dealkylation sites (N-methyl/N-ethyl adjacent to an activating group) is 1. The molecule has 116 valence electrons. The maximum Gasteiger partial charge on any atom is 0.223 e. The summed E-state index contributed by atoms with van der Waals surface area (Å²) in [5, 5.41) is 3.31. The summed E-state index contributed by atoms with van der Waals surface area (Å²) in [6, 6.07) is 3.98. The molecule has 5 heteroatoms. The van der Waals surface area contributed by atoms with Crippen molar-refractivity contribution >= 4 is 5.91 Å². The van der Waals surface area contributed by atoms with E-state index in [9.17, 15) is 4.79 Å². The number of carbonyl (C=O) groups is 1. The molecule has 1 fully saturated rings. The van der Waals surface area contributed by atoms with Gasteiger partial charge in [0.15, 0.2) is 0 Å². The van der Waals surface area contributed by atoms with Crippen LogP contribution in [-0.4, -0.2) is 55.2 Å². The molecule has 1 amide bonds. The number of ether oxygens (including phenoxy) is 1. The molecule has 1 atom stereocenters. The first-order valence-electron chi connectivity index (χ1n) is 7.71. The minimum Gasteiger partial charge on any atom is -0.377 e. The molecule has 1 N–H and O–H groups in total. The molecule has 1 aromatic rings. The molecule has 1 aromatic heterocycles. The molecule has 1 aliphatic heterocycles. The van der Waals surface area contributed by atoms with E-state index in [1.807, 2.05) is 19.2 Å². The summed E-state index contributed by atoms with van der Waals surface area (Å²) in [7, 11) is 1.86. The van der Waals surface area contributed by atoms with Gasteiger partial charge >= 0.3 is 0 Å². The van der Waals surface area contributed by atoms with Gasteiger partial charge in [-0.3, -0.25) is 9.78 Å². The minimum atomic E-state index is 0.184. The minimum absolute atomic E-state index is 0.184. The van der Waals surface area contributed by atoms with Gasteiger partial charge in [0.2, 0.25) is 5.91 Å². The first-order valence-corrected chi connectivity index (χ1v) is 7.71. The molecule has 5 nitrogen and oxygen atoms in total. The third-order valence-electron chi connectivity index (χ3n) is 3.82. The van der Waals surface area contributed by atoms with Crippen LogP contribution in [0.15, 0.2) is 24.5 Å². The fourth-order valence-corrected chi connectivity index (χ4v) is 2.43. The van der Waals surface area contributed by atoms with Crippen LogP contribution in [-0.2, 0) is 16.0 Å². The lowest BCUT2D eigenvalue weighted by Crippen LogP contribution is -2.33. The van der Waals surface area contributed by atoms with E-state index < -0.39 is 0 Å². The third-order valence-corrected chi connectivity index (χ3v) is 3.82. The molecule has 0 aromatic carbocycles. The summed E-state index contributed by atoms with van der Waals surface area (Å²) in [5.74, 6) is 0.184. The monoisotopic (exact) mass is 291 g/mol. The van der Waals surface area contributed by atoms with Gasteiger partial charge in [-0.05, 0) is 37.0 Å². The Hall–Kier alpha value is -1.46. The first-order chi connectivity index (χ1) is 10.3. The zero-order chi connectivity index (χ0) is 14.9. The number of hydrogen-bond acceptors (Lipinski definition) is 4. The largest absolute Gasteiger partial charge is 0.377 e. The van der Waals surface area contributed by atoms with Crippen molar-refractivity contribution in [3.8, 4) is 0 Å². The highest BCUT2D eigenvalue weighted by atomic mass is 16.5. The predicted octanol–water partition coefficient (Wildman–Crippen LogP) is 1.24. The fourth-order valence-electron chi connectivity index (χ4n) is 2.43. The number of carbonyl (C=O) groups excluding carboxylic acids is 1. The Morgan fingerprint density at radius 3 is 3.00 bits per heavy atom.